The van der Waals surface area contributed by atoms with E-state index in [9.17, 15) is 0 Å². The van der Waals surface area contributed by atoms with E-state index in [0.29, 0.717) is 16.0 Å². The van der Waals surface area contributed by atoms with E-state index in [0.717, 1.165) is 20.6 Å². The van der Waals surface area contributed by atoms with Gasteiger partial charge in [0.25, 0.3) is 0 Å². The highest BCUT2D eigenvalue weighted by molar-refractivity contribution is 9.10. The number of anilines is 1. The first-order valence-electron chi connectivity index (χ1n) is 4.80. The monoisotopic (exact) mass is 332 g/mol. The minimum absolute atomic E-state index is 0.624. The second-order valence-electron chi connectivity index (χ2n) is 3.48. The van der Waals surface area contributed by atoms with Gasteiger partial charge in [-0.15, -0.1) is 11.3 Å². The summed E-state index contributed by atoms with van der Waals surface area (Å²) in [5.74, 6) is 6.69. The lowest BCUT2D eigenvalue weighted by Gasteiger charge is -2.08. The zero-order valence-corrected chi connectivity index (χ0v) is 12.4. The third-order valence-electron chi connectivity index (χ3n) is 2.39. The fourth-order valence-electron chi connectivity index (χ4n) is 1.34. The molecule has 0 saturated carbocycles. The summed E-state index contributed by atoms with van der Waals surface area (Å²) >= 11 is 10.8. The highest BCUT2D eigenvalue weighted by Crippen LogP contribution is 2.37. The Morgan fingerprint density at radius 1 is 1.41 bits per heavy atom. The molecule has 2 aromatic heterocycles. The summed E-state index contributed by atoms with van der Waals surface area (Å²) in [6.07, 6.45) is 0. The van der Waals surface area contributed by atoms with Crippen LogP contribution in [-0.4, -0.2) is 9.97 Å². The van der Waals surface area contributed by atoms with Crippen LogP contribution < -0.4 is 11.3 Å². The topological polar surface area (TPSA) is 63.8 Å². The molecule has 2 rings (SSSR count). The van der Waals surface area contributed by atoms with Crippen LogP contribution in [0.15, 0.2) is 10.5 Å². The van der Waals surface area contributed by atoms with Gasteiger partial charge >= 0.3 is 0 Å². The molecular formula is C10H10BrClN4S. The van der Waals surface area contributed by atoms with Crippen molar-refractivity contribution in [3.8, 4) is 10.7 Å². The first-order chi connectivity index (χ1) is 8.02. The van der Waals surface area contributed by atoms with Gasteiger partial charge < -0.3 is 5.43 Å². The van der Waals surface area contributed by atoms with Gasteiger partial charge in [0.1, 0.15) is 10.2 Å². The van der Waals surface area contributed by atoms with Gasteiger partial charge in [0.15, 0.2) is 5.82 Å². The van der Waals surface area contributed by atoms with Crippen LogP contribution in [0.5, 0.6) is 0 Å². The fourth-order valence-corrected chi connectivity index (χ4v) is 2.97. The van der Waals surface area contributed by atoms with E-state index < -0.39 is 0 Å². The molecule has 17 heavy (non-hydrogen) atoms. The highest BCUT2D eigenvalue weighted by atomic mass is 79.9. The van der Waals surface area contributed by atoms with Crippen LogP contribution in [-0.2, 0) is 0 Å². The number of halogens is 2. The SMILES string of the molecule is Cc1nc(-c2cc(Br)c(Cl)s2)nc(NN)c1C. The van der Waals surface area contributed by atoms with Gasteiger partial charge in [0, 0.05) is 15.7 Å². The fraction of sp³-hybridized carbons (Fsp3) is 0.200. The molecule has 0 aromatic carbocycles. The van der Waals surface area contributed by atoms with Crippen LogP contribution in [0.25, 0.3) is 10.7 Å². The minimum atomic E-state index is 0.624. The Kier molecular flexibility index (Phi) is 3.67. The predicted octanol–water partition coefficient (Wildman–Crippen LogP) is 3.52. The molecule has 0 aliphatic heterocycles. The zero-order chi connectivity index (χ0) is 12.6. The number of aromatic nitrogens is 2. The van der Waals surface area contributed by atoms with Crippen LogP contribution in [0, 0.1) is 13.8 Å². The Morgan fingerprint density at radius 3 is 2.65 bits per heavy atom. The Morgan fingerprint density at radius 2 is 2.12 bits per heavy atom. The molecule has 90 valence electrons. The van der Waals surface area contributed by atoms with Gasteiger partial charge in [-0.3, -0.25) is 0 Å². The molecule has 0 radical (unpaired) electrons. The quantitative estimate of drug-likeness (QED) is 0.652. The maximum absolute atomic E-state index is 6.00. The van der Waals surface area contributed by atoms with Crippen molar-refractivity contribution in [3.63, 3.8) is 0 Å². The zero-order valence-electron chi connectivity index (χ0n) is 9.21. The number of hydrogen-bond acceptors (Lipinski definition) is 5. The molecule has 0 aliphatic rings. The summed E-state index contributed by atoms with van der Waals surface area (Å²) in [6.45, 7) is 3.84. The molecule has 0 spiro atoms. The van der Waals surface area contributed by atoms with Gasteiger partial charge in [0.2, 0.25) is 0 Å². The molecular weight excluding hydrogens is 324 g/mol. The van der Waals surface area contributed by atoms with E-state index in [2.05, 4.69) is 31.3 Å². The molecule has 7 heteroatoms. The standard InChI is InChI=1S/C10H10BrClN4S/c1-4-5(2)14-10(15-9(4)16-13)7-3-6(11)8(12)17-7/h3H,13H2,1-2H3,(H,14,15,16). The Labute approximate surface area is 116 Å². The third kappa shape index (κ3) is 2.44. The van der Waals surface area contributed by atoms with Crippen LogP contribution in [0.4, 0.5) is 5.82 Å². The van der Waals surface area contributed by atoms with Gasteiger partial charge in [-0.05, 0) is 35.8 Å². The van der Waals surface area contributed by atoms with E-state index in [1.165, 1.54) is 11.3 Å². The van der Waals surface area contributed by atoms with Crippen molar-refractivity contribution < 1.29 is 0 Å². The second-order valence-corrected chi connectivity index (χ2v) is 5.99. The number of nitrogens with zero attached hydrogens (tertiary/aromatic N) is 2. The van der Waals surface area contributed by atoms with Gasteiger partial charge in [-0.2, -0.15) is 0 Å². The summed E-state index contributed by atoms with van der Waals surface area (Å²) in [4.78, 5) is 9.69. The minimum Gasteiger partial charge on any atom is -0.308 e. The van der Waals surface area contributed by atoms with Gasteiger partial charge in [0.05, 0.1) is 4.88 Å². The average molecular weight is 334 g/mol. The molecule has 0 saturated heterocycles. The van der Waals surface area contributed by atoms with Crippen molar-refractivity contribution in [2.45, 2.75) is 13.8 Å². The number of rotatable bonds is 2. The average Bonchev–Trinajstić information content (AvgIpc) is 2.63. The molecule has 4 nitrogen and oxygen atoms in total. The normalized spacial score (nSPS) is 10.6. The highest BCUT2D eigenvalue weighted by Gasteiger charge is 2.12. The molecule has 2 heterocycles. The number of nitrogens with one attached hydrogen (secondary N) is 1. The van der Waals surface area contributed by atoms with Crippen LogP contribution in [0.3, 0.4) is 0 Å². The lowest BCUT2D eigenvalue weighted by Crippen LogP contribution is -2.12. The maximum atomic E-state index is 6.00. The van der Waals surface area contributed by atoms with E-state index in [-0.39, 0.29) is 0 Å². The van der Waals surface area contributed by atoms with Crippen molar-refractivity contribution in [2.24, 2.45) is 5.84 Å². The van der Waals surface area contributed by atoms with E-state index in [4.69, 9.17) is 17.4 Å². The first-order valence-corrected chi connectivity index (χ1v) is 6.78. The van der Waals surface area contributed by atoms with Crippen LogP contribution >= 0.6 is 38.9 Å². The second kappa shape index (κ2) is 4.89. The molecule has 0 unspecified atom stereocenters. The largest absolute Gasteiger partial charge is 0.308 e. The van der Waals surface area contributed by atoms with Crippen molar-refractivity contribution in [1.82, 2.24) is 9.97 Å². The summed E-state index contributed by atoms with van der Waals surface area (Å²) in [5, 5.41) is 0. The van der Waals surface area contributed by atoms with E-state index in [1.807, 2.05) is 19.9 Å². The first kappa shape index (κ1) is 12.8. The Hall–Kier alpha value is -0.690. The Bertz CT molecular complexity index is 550. The summed E-state index contributed by atoms with van der Waals surface area (Å²) in [6, 6.07) is 1.90. The van der Waals surface area contributed by atoms with Crippen LogP contribution in [0.1, 0.15) is 11.3 Å². The number of hydrazine groups is 1. The van der Waals surface area contributed by atoms with Gasteiger partial charge in [-0.25, -0.2) is 15.8 Å². The van der Waals surface area contributed by atoms with Crippen LogP contribution in [0.2, 0.25) is 4.34 Å². The van der Waals surface area contributed by atoms with Crippen molar-refractivity contribution >= 4 is 44.7 Å². The number of nitrogens with two attached hydrogens (primary N) is 1. The molecule has 0 fully saturated rings. The maximum Gasteiger partial charge on any atom is 0.172 e. The van der Waals surface area contributed by atoms with Gasteiger partial charge in [-0.1, -0.05) is 11.6 Å². The Balaban J connectivity index is 2.56. The lowest BCUT2D eigenvalue weighted by molar-refractivity contribution is 1.06. The van der Waals surface area contributed by atoms with Crippen molar-refractivity contribution in [2.75, 3.05) is 5.43 Å². The predicted molar refractivity (Wildman–Crippen MR) is 75.3 cm³/mol. The summed E-state index contributed by atoms with van der Waals surface area (Å²) < 4.78 is 1.53. The molecule has 2 aromatic rings. The summed E-state index contributed by atoms with van der Waals surface area (Å²) in [5.41, 5.74) is 4.41. The molecule has 0 bridgehead atoms. The number of thiophene rings is 1. The number of aryl methyl sites for hydroxylation is 1. The molecule has 0 aliphatic carbocycles. The molecule has 0 amide bonds. The van der Waals surface area contributed by atoms with Crippen molar-refractivity contribution in [3.05, 3.63) is 26.1 Å². The van der Waals surface area contributed by atoms with E-state index in [1.54, 1.807) is 0 Å². The lowest BCUT2D eigenvalue weighted by atomic mass is 10.2. The third-order valence-corrected chi connectivity index (χ3v) is 4.86. The molecule has 3 N–H and O–H groups in total. The van der Waals surface area contributed by atoms with Crippen molar-refractivity contribution in [1.29, 1.82) is 0 Å². The molecule has 0 atom stereocenters. The summed E-state index contributed by atoms with van der Waals surface area (Å²) in [7, 11) is 0. The number of hydrogen-bond donors (Lipinski definition) is 2. The number of nitrogen functional groups attached to an aromatic ring is 1. The van der Waals surface area contributed by atoms with E-state index >= 15 is 0 Å². The smallest absolute Gasteiger partial charge is 0.172 e.